The Morgan fingerprint density at radius 1 is 1.53 bits per heavy atom. The van der Waals surface area contributed by atoms with Crippen LogP contribution in [0.5, 0.6) is 0 Å². The fourth-order valence-corrected chi connectivity index (χ4v) is 2.44. The van der Waals surface area contributed by atoms with Crippen molar-refractivity contribution in [2.24, 2.45) is 5.73 Å². The highest BCUT2D eigenvalue weighted by Crippen LogP contribution is 2.30. The lowest BCUT2D eigenvalue weighted by atomic mass is 10.1. The van der Waals surface area contributed by atoms with Crippen molar-refractivity contribution < 1.29 is 4.74 Å². The Kier molecular flexibility index (Phi) is 3.92. The Labute approximate surface area is 107 Å². The van der Waals surface area contributed by atoms with E-state index in [-0.39, 0.29) is 6.04 Å². The van der Waals surface area contributed by atoms with E-state index in [9.17, 15) is 0 Å². The number of nitrogens with zero attached hydrogens (tertiary/aromatic N) is 1. The molecule has 0 amide bonds. The molecular formula is C13H19ClN2O. The topological polar surface area (TPSA) is 38.5 Å². The first-order chi connectivity index (χ1) is 8.09. The maximum absolute atomic E-state index is 6.31. The SMILES string of the molecule is C[C@H](N)c1ccc(N(C)C2CCOC2)c(Cl)c1. The van der Waals surface area contributed by atoms with Gasteiger partial charge in [0.05, 0.1) is 23.4 Å². The highest BCUT2D eigenvalue weighted by atomic mass is 35.5. The summed E-state index contributed by atoms with van der Waals surface area (Å²) < 4.78 is 5.40. The largest absolute Gasteiger partial charge is 0.379 e. The van der Waals surface area contributed by atoms with Crippen LogP contribution in [-0.4, -0.2) is 26.3 Å². The summed E-state index contributed by atoms with van der Waals surface area (Å²) in [6, 6.07) is 6.47. The van der Waals surface area contributed by atoms with Crippen LogP contribution < -0.4 is 10.6 Å². The molecule has 1 aliphatic heterocycles. The molecule has 1 aromatic rings. The Bertz CT molecular complexity index is 389. The molecule has 1 saturated heterocycles. The molecule has 0 spiro atoms. The van der Waals surface area contributed by atoms with Gasteiger partial charge in [0.1, 0.15) is 0 Å². The lowest BCUT2D eigenvalue weighted by molar-refractivity contribution is 0.193. The lowest BCUT2D eigenvalue weighted by Gasteiger charge is -2.26. The summed E-state index contributed by atoms with van der Waals surface area (Å²) in [5.41, 5.74) is 7.95. The van der Waals surface area contributed by atoms with E-state index < -0.39 is 0 Å². The summed E-state index contributed by atoms with van der Waals surface area (Å²) >= 11 is 6.31. The zero-order valence-corrected chi connectivity index (χ0v) is 11.1. The van der Waals surface area contributed by atoms with Gasteiger partial charge in [0.25, 0.3) is 0 Å². The van der Waals surface area contributed by atoms with E-state index in [2.05, 4.69) is 11.9 Å². The van der Waals surface area contributed by atoms with Crippen molar-refractivity contribution in [1.29, 1.82) is 0 Å². The minimum atomic E-state index is 0.0154. The third-order valence-electron chi connectivity index (χ3n) is 3.33. The number of anilines is 1. The molecule has 94 valence electrons. The molecule has 4 heteroatoms. The van der Waals surface area contributed by atoms with E-state index in [1.165, 1.54) is 0 Å². The normalized spacial score (nSPS) is 21.5. The minimum absolute atomic E-state index is 0.0154. The van der Waals surface area contributed by atoms with Gasteiger partial charge in [-0.1, -0.05) is 17.7 Å². The molecule has 1 aromatic carbocycles. The maximum Gasteiger partial charge on any atom is 0.0670 e. The van der Waals surface area contributed by atoms with Crippen LogP contribution in [0.1, 0.15) is 24.9 Å². The van der Waals surface area contributed by atoms with E-state index >= 15 is 0 Å². The van der Waals surface area contributed by atoms with E-state index in [0.717, 1.165) is 35.9 Å². The quantitative estimate of drug-likeness (QED) is 0.901. The lowest BCUT2D eigenvalue weighted by Crippen LogP contribution is -2.32. The molecule has 0 aliphatic carbocycles. The second-order valence-corrected chi connectivity index (χ2v) is 5.04. The van der Waals surface area contributed by atoms with Gasteiger partial charge in [-0.2, -0.15) is 0 Å². The van der Waals surface area contributed by atoms with E-state index in [1.807, 2.05) is 25.1 Å². The minimum Gasteiger partial charge on any atom is -0.379 e. The van der Waals surface area contributed by atoms with Gasteiger partial charge in [0, 0.05) is 19.7 Å². The summed E-state index contributed by atoms with van der Waals surface area (Å²) in [5.74, 6) is 0. The fourth-order valence-electron chi connectivity index (χ4n) is 2.12. The van der Waals surface area contributed by atoms with Crippen LogP contribution in [-0.2, 0) is 4.74 Å². The molecule has 1 unspecified atom stereocenters. The van der Waals surface area contributed by atoms with Crippen LogP contribution in [0, 0.1) is 0 Å². The van der Waals surface area contributed by atoms with Crippen LogP contribution in [0.2, 0.25) is 5.02 Å². The van der Waals surface area contributed by atoms with E-state index in [4.69, 9.17) is 22.1 Å². The van der Waals surface area contributed by atoms with E-state index in [0.29, 0.717) is 6.04 Å². The van der Waals surface area contributed by atoms with Crippen molar-refractivity contribution >= 4 is 17.3 Å². The predicted octanol–water partition coefficient (Wildman–Crippen LogP) is 2.58. The molecule has 17 heavy (non-hydrogen) atoms. The third kappa shape index (κ3) is 2.73. The molecule has 2 N–H and O–H groups in total. The Hall–Kier alpha value is -0.770. The van der Waals surface area contributed by atoms with Crippen molar-refractivity contribution in [3.05, 3.63) is 28.8 Å². The molecule has 3 nitrogen and oxygen atoms in total. The molecule has 0 bridgehead atoms. The average Bonchev–Trinajstić information content (AvgIpc) is 2.81. The molecule has 0 aromatic heterocycles. The summed E-state index contributed by atoms with van der Waals surface area (Å²) in [4.78, 5) is 2.19. The highest BCUT2D eigenvalue weighted by molar-refractivity contribution is 6.33. The standard InChI is InChI=1S/C13H19ClN2O/c1-9(15)10-3-4-13(12(14)7-10)16(2)11-5-6-17-8-11/h3-4,7,9,11H,5-6,8,15H2,1-2H3/t9-,11?/m0/s1. The second kappa shape index (κ2) is 5.25. The third-order valence-corrected chi connectivity index (χ3v) is 3.63. The average molecular weight is 255 g/mol. The van der Waals surface area contributed by atoms with Gasteiger partial charge >= 0.3 is 0 Å². The number of rotatable bonds is 3. The van der Waals surface area contributed by atoms with Crippen LogP contribution in [0.3, 0.4) is 0 Å². The number of likely N-dealkylation sites (N-methyl/N-ethyl adjacent to an activating group) is 1. The molecule has 2 atom stereocenters. The number of hydrogen-bond donors (Lipinski definition) is 1. The number of hydrogen-bond acceptors (Lipinski definition) is 3. The highest BCUT2D eigenvalue weighted by Gasteiger charge is 2.22. The van der Waals surface area contributed by atoms with Crippen molar-refractivity contribution in [3.8, 4) is 0 Å². The Morgan fingerprint density at radius 3 is 2.82 bits per heavy atom. The van der Waals surface area contributed by atoms with Crippen molar-refractivity contribution in [2.45, 2.75) is 25.4 Å². The Balaban J connectivity index is 2.20. The van der Waals surface area contributed by atoms with Crippen molar-refractivity contribution in [3.63, 3.8) is 0 Å². The van der Waals surface area contributed by atoms with Gasteiger partial charge in [-0.25, -0.2) is 0 Å². The number of halogens is 1. The monoisotopic (exact) mass is 254 g/mol. The first-order valence-corrected chi connectivity index (χ1v) is 6.33. The second-order valence-electron chi connectivity index (χ2n) is 4.63. The zero-order chi connectivity index (χ0) is 12.4. The van der Waals surface area contributed by atoms with Gasteiger partial charge < -0.3 is 15.4 Å². The summed E-state index contributed by atoms with van der Waals surface area (Å²) in [6.07, 6.45) is 1.06. The summed E-state index contributed by atoms with van der Waals surface area (Å²) in [6.45, 7) is 3.58. The first-order valence-electron chi connectivity index (χ1n) is 5.95. The van der Waals surface area contributed by atoms with E-state index in [1.54, 1.807) is 0 Å². The van der Waals surface area contributed by atoms with Crippen LogP contribution >= 0.6 is 11.6 Å². The number of ether oxygens (including phenoxy) is 1. The first kappa shape index (κ1) is 12.7. The van der Waals surface area contributed by atoms with Crippen molar-refractivity contribution in [2.75, 3.05) is 25.2 Å². The molecule has 0 saturated carbocycles. The molecule has 2 rings (SSSR count). The molecule has 1 fully saturated rings. The summed E-state index contributed by atoms with van der Waals surface area (Å²) in [7, 11) is 2.06. The predicted molar refractivity (Wildman–Crippen MR) is 71.7 cm³/mol. The van der Waals surface area contributed by atoms with Gasteiger partial charge in [0.15, 0.2) is 0 Å². The molecule has 0 radical (unpaired) electrons. The maximum atomic E-state index is 6.31. The fraction of sp³-hybridized carbons (Fsp3) is 0.538. The van der Waals surface area contributed by atoms with Gasteiger partial charge in [0.2, 0.25) is 0 Å². The molecular weight excluding hydrogens is 236 g/mol. The zero-order valence-electron chi connectivity index (χ0n) is 10.3. The van der Waals surface area contributed by atoms with Crippen LogP contribution in [0.4, 0.5) is 5.69 Å². The van der Waals surface area contributed by atoms with Crippen LogP contribution in [0.15, 0.2) is 18.2 Å². The molecule has 1 heterocycles. The number of nitrogens with two attached hydrogens (primary N) is 1. The van der Waals surface area contributed by atoms with Crippen molar-refractivity contribution in [1.82, 2.24) is 0 Å². The smallest absolute Gasteiger partial charge is 0.0670 e. The van der Waals surface area contributed by atoms with Gasteiger partial charge in [-0.15, -0.1) is 0 Å². The molecule has 1 aliphatic rings. The number of benzene rings is 1. The Morgan fingerprint density at radius 2 is 2.29 bits per heavy atom. The van der Waals surface area contributed by atoms with Gasteiger partial charge in [-0.3, -0.25) is 0 Å². The summed E-state index contributed by atoms with van der Waals surface area (Å²) in [5, 5.41) is 0.759. The van der Waals surface area contributed by atoms with Crippen LogP contribution in [0.25, 0.3) is 0 Å². The van der Waals surface area contributed by atoms with Gasteiger partial charge in [-0.05, 0) is 31.0 Å².